The molecule has 3 rings (SSSR count). The third-order valence-electron chi connectivity index (χ3n) is 3.43. The van der Waals surface area contributed by atoms with Gasteiger partial charge in [0.05, 0.1) is 4.47 Å². The molecule has 2 aromatic rings. The number of nitrogens with one attached hydrogen (secondary N) is 1. The maximum absolute atomic E-state index is 11.9. The van der Waals surface area contributed by atoms with Gasteiger partial charge in [-0.05, 0) is 46.3 Å². The zero-order valence-corrected chi connectivity index (χ0v) is 16.3. The second-order valence-corrected chi connectivity index (χ2v) is 6.72. The highest BCUT2D eigenvalue weighted by Gasteiger charge is 2.14. The Balaban J connectivity index is 1.44. The number of hydrogen-bond donors (Lipinski definition) is 1. The molecule has 0 saturated carbocycles. The summed E-state index contributed by atoms with van der Waals surface area (Å²) >= 11 is 9.11. The fraction of sp³-hybridized carbons (Fsp3) is 0.222. The molecule has 1 N–H and O–H groups in total. The van der Waals surface area contributed by atoms with E-state index in [4.69, 9.17) is 30.5 Å². The van der Waals surface area contributed by atoms with Crippen molar-refractivity contribution < 1.29 is 28.5 Å². The third-order valence-corrected chi connectivity index (χ3v) is 4.28. The molecule has 1 aliphatic rings. The van der Waals surface area contributed by atoms with Gasteiger partial charge in [0.25, 0.3) is 5.91 Å². The highest BCUT2D eigenvalue weighted by atomic mass is 79.9. The van der Waals surface area contributed by atoms with Crippen LogP contribution in [0.5, 0.6) is 17.2 Å². The minimum atomic E-state index is -0.672. The molecular weight excluding hydrogens is 442 g/mol. The Hall–Kier alpha value is -2.45. The van der Waals surface area contributed by atoms with Crippen LogP contribution in [0.1, 0.15) is 0 Å². The highest BCUT2D eigenvalue weighted by molar-refractivity contribution is 9.10. The summed E-state index contributed by atoms with van der Waals surface area (Å²) in [7, 11) is 0. The lowest BCUT2D eigenvalue weighted by atomic mass is 10.2. The first kappa shape index (κ1) is 19.3. The number of hydrogen-bond acceptors (Lipinski definition) is 6. The fourth-order valence-corrected chi connectivity index (χ4v) is 3.03. The molecule has 7 nitrogen and oxygen atoms in total. The number of esters is 1. The maximum Gasteiger partial charge on any atom is 0.344 e. The first-order valence-electron chi connectivity index (χ1n) is 7.94. The van der Waals surface area contributed by atoms with E-state index >= 15 is 0 Å². The van der Waals surface area contributed by atoms with Crippen molar-refractivity contribution in [1.29, 1.82) is 0 Å². The number of benzene rings is 2. The second kappa shape index (κ2) is 8.96. The van der Waals surface area contributed by atoms with Gasteiger partial charge in [-0.1, -0.05) is 11.6 Å². The Morgan fingerprint density at radius 3 is 2.63 bits per heavy atom. The maximum atomic E-state index is 11.9. The molecule has 0 fully saturated rings. The van der Waals surface area contributed by atoms with Gasteiger partial charge < -0.3 is 24.3 Å². The normalized spacial score (nSPS) is 12.2. The zero-order chi connectivity index (χ0) is 19.2. The van der Waals surface area contributed by atoms with Crippen LogP contribution in [0.15, 0.2) is 40.9 Å². The van der Waals surface area contributed by atoms with Gasteiger partial charge in [0.2, 0.25) is 0 Å². The van der Waals surface area contributed by atoms with Crippen molar-refractivity contribution in [2.75, 3.05) is 31.7 Å². The Kier molecular flexibility index (Phi) is 6.41. The average molecular weight is 457 g/mol. The standard InChI is InChI=1S/C18H15BrClNO6/c19-13-7-11(20)1-3-14(13)26-10-18(23)27-9-17(22)21-12-2-4-15-16(8-12)25-6-5-24-15/h1-4,7-8H,5-6,9-10H2,(H,21,22). The minimum absolute atomic E-state index is 0.336. The van der Waals surface area contributed by atoms with Gasteiger partial charge in [0, 0.05) is 16.8 Å². The summed E-state index contributed by atoms with van der Waals surface area (Å²) in [5, 5.41) is 3.16. The van der Waals surface area contributed by atoms with Crippen LogP contribution in [0, 0.1) is 0 Å². The Morgan fingerprint density at radius 2 is 1.85 bits per heavy atom. The van der Waals surface area contributed by atoms with Gasteiger partial charge in [-0.2, -0.15) is 0 Å². The third kappa shape index (κ3) is 5.51. The zero-order valence-electron chi connectivity index (χ0n) is 14.0. The van der Waals surface area contributed by atoms with Crippen molar-refractivity contribution >= 4 is 45.1 Å². The second-order valence-electron chi connectivity index (χ2n) is 5.43. The van der Waals surface area contributed by atoms with Crippen molar-refractivity contribution in [2.24, 2.45) is 0 Å². The molecule has 1 heterocycles. The van der Waals surface area contributed by atoms with Crippen LogP contribution >= 0.6 is 27.5 Å². The van der Waals surface area contributed by atoms with Gasteiger partial charge >= 0.3 is 5.97 Å². The largest absolute Gasteiger partial charge is 0.486 e. The summed E-state index contributed by atoms with van der Waals surface area (Å²) < 4.78 is 21.7. The van der Waals surface area contributed by atoms with E-state index in [1.165, 1.54) is 0 Å². The number of carbonyl (C=O) groups excluding carboxylic acids is 2. The molecule has 0 atom stereocenters. The van der Waals surface area contributed by atoms with Crippen LogP contribution in [0.2, 0.25) is 5.02 Å². The molecule has 0 aromatic heterocycles. The molecule has 0 aliphatic carbocycles. The van der Waals surface area contributed by atoms with E-state index in [1.807, 2.05) is 0 Å². The summed E-state index contributed by atoms with van der Waals surface area (Å²) in [5.41, 5.74) is 0.515. The van der Waals surface area contributed by atoms with Gasteiger partial charge in [0.1, 0.15) is 19.0 Å². The molecule has 0 radical (unpaired) electrons. The van der Waals surface area contributed by atoms with Crippen molar-refractivity contribution in [3.05, 3.63) is 45.9 Å². The summed E-state index contributed by atoms with van der Waals surface area (Å²) in [6, 6.07) is 9.92. The van der Waals surface area contributed by atoms with Gasteiger partial charge in [0.15, 0.2) is 24.7 Å². The molecular formula is C18H15BrClNO6. The van der Waals surface area contributed by atoms with Crippen LogP contribution < -0.4 is 19.5 Å². The van der Waals surface area contributed by atoms with Crippen LogP contribution in [-0.2, 0) is 14.3 Å². The average Bonchev–Trinajstić information content (AvgIpc) is 2.65. The lowest BCUT2D eigenvalue weighted by molar-refractivity contribution is -0.149. The van der Waals surface area contributed by atoms with E-state index in [2.05, 4.69) is 21.2 Å². The van der Waals surface area contributed by atoms with Gasteiger partial charge in [-0.25, -0.2) is 4.79 Å². The van der Waals surface area contributed by atoms with Crippen molar-refractivity contribution in [1.82, 2.24) is 0 Å². The molecule has 1 aliphatic heterocycles. The van der Waals surface area contributed by atoms with Gasteiger partial charge in [-0.15, -0.1) is 0 Å². The smallest absolute Gasteiger partial charge is 0.344 e. The number of anilines is 1. The predicted octanol–water partition coefficient (Wildman–Crippen LogP) is 3.43. The van der Waals surface area contributed by atoms with Crippen LogP contribution in [0.25, 0.3) is 0 Å². The molecule has 0 unspecified atom stereocenters. The minimum Gasteiger partial charge on any atom is -0.486 e. The van der Waals surface area contributed by atoms with E-state index in [1.54, 1.807) is 36.4 Å². The number of carbonyl (C=O) groups is 2. The lowest BCUT2D eigenvalue weighted by Crippen LogP contribution is -2.24. The fourth-order valence-electron chi connectivity index (χ4n) is 2.23. The van der Waals surface area contributed by atoms with E-state index in [0.717, 1.165) is 0 Å². The van der Waals surface area contributed by atoms with Crippen molar-refractivity contribution in [2.45, 2.75) is 0 Å². The highest BCUT2D eigenvalue weighted by Crippen LogP contribution is 2.32. The van der Waals surface area contributed by atoms with Crippen molar-refractivity contribution in [3.63, 3.8) is 0 Å². The number of fused-ring (bicyclic) bond motifs is 1. The predicted molar refractivity (Wildman–Crippen MR) is 102 cm³/mol. The molecule has 0 spiro atoms. The summed E-state index contributed by atoms with van der Waals surface area (Å²) in [4.78, 5) is 23.7. The van der Waals surface area contributed by atoms with Crippen LogP contribution in [0.4, 0.5) is 5.69 Å². The Labute approximate surface area is 168 Å². The lowest BCUT2D eigenvalue weighted by Gasteiger charge is -2.19. The Morgan fingerprint density at radius 1 is 1.07 bits per heavy atom. The first-order valence-corrected chi connectivity index (χ1v) is 9.11. The van der Waals surface area contributed by atoms with Crippen LogP contribution in [0.3, 0.4) is 0 Å². The number of halogens is 2. The molecule has 0 bridgehead atoms. The number of amides is 1. The van der Waals surface area contributed by atoms with Crippen LogP contribution in [-0.4, -0.2) is 38.3 Å². The Bertz CT molecular complexity index is 860. The molecule has 27 heavy (non-hydrogen) atoms. The number of ether oxygens (including phenoxy) is 4. The monoisotopic (exact) mass is 455 g/mol. The molecule has 9 heteroatoms. The molecule has 1 amide bonds. The van der Waals surface area contributed by atoms with E-state index in [-0.39, 0.29) is 6.61 Å². The topological polar surface area (TPSA) is 83.1 Å². The van der Waals surface area contributed by atoms with Crippen molar-refractivity contribution in [3.8, 4) is 17.2 Å². The molecule has 2 aromatic carbocycles. The van der Waals surface area contributed by atoms with Gasteiger partial charge in [-0.3, -0.25) is 4.79 Å². The summed E-state index contributed by atoms with van der Waals surface area (Å²) in [6.45, 7) is 0.172. The van der Waals surface area contributed by atoms with E-state index in [9.17, 15) is 9.59 Å². The quantitative estimate of drug-likeness (QED) is 0.671. The SMILES string of the molecule is O=C(COC(=O)COc1ccc(Cl)cc1Br)Nc1ccc2c(c1)OCCO2. The molecule has 142 valence electrons. The number of rotatable bonds is 6. The summed E-state index contributed by atoms with van der Waals surface area (Å²) in [6.07, 6.45) is 0. The first-order chi connectivity index (χ1) is 13.0. The summed E-state index contributed by atoms with van der Waals surface area (Å²) in [5.74, 6) is 0.466. The van der Waals surface area contributed by atoms with E-state index < -0.39 is 18.5 Å². The molecule has 0 saturated heterocycles. The van der Waals surface area contributed by atoms with E-state index in [0.29, 0.717) is 45.6 Å².